The van der Waals surface area contributed by atoms with Gasteiger partial charge in [0.25, 0.3) is 11.8 Å². The SMILES string of the molecule is Cc1ccc(C2=C(N(C)Cc3ccccc3)C(=O)N(c3ccc(F)c(F)c3)C2=O)c(C)c1. The van der Waals surface area contributed by atoms with Crippen LogP contribution in [0.25, 0.3) is 5.57 Å². The molecule has 0 bridgehead atoms. The number of carbonyl (C=O) groups excluding carboxylic acids is 2. The number of hydrogen-bond donors (Lipinski definition) is 0. The Balaban J connectivity index is 1.84. The van der Waals surface area contributed by atoms with Gasteiger partial charge in [0.05, 0.1) is 11.3 Å². The zero-order valence-corrected chi connectivity index (χ0v) is 18.0. The summed E-state index contributed by atoms with van der Waals surface area (Å²) in [7, 11) is 1.74. The molecule has 4 nitrogen and oxygen atoms in total. The van der Waals surface area contributed by atoms with E-state index >= 15 is 0 Å². The molecular weight excluding hydrogens is 410 g/mol. The fraction of sp³-hybridized carbons (Fsp3) is 0.154. The van der Waals surface area contributed by atoms with E-state index in [0.29, 0.717) is 12.1 Å². The maximum Gasteiger partial charge on any atom is 0.282 e. The maximum atomic E-state index is 13.9. The van der Waals surface area contributed by atoms with Gasteiger partial charge >= 0.3 is 0 Å². The molecule has 1 heterocycles. The third-order valence-corrected chi connectivity index (χ3v) is 5.52. The average Bonchev–Trinajstić information content (AvgIpc) is 3.01. The van der Waals surface area contributed by atoms with Gasteiger partial charge in [-0.25, -0.2) is 13.7 Å². The molecule has 0 radical (unpaired) electrons. The molecule has 32 heavy (non-hydrogen) atoms. The fourth-order valence-electron chi connectivity index (χ4n) is 4.00. The topological polar surface area (TPSA) is 40.6 Å². The molecule has 3 aromatic carbocycles. The van der Waals surface area contributed by atoms with Crippen molar-refractivity contribution in [2.24, 2.45) is 0 Å². The summed E-state index contributed by atoms with van der Waals surface area (Å²) in [6.45, 7) is 4.22. The van der Waals surface area contributed by atoms with E-state index in [9.17, 15) is 18.4 Å². The first-order valence-electron chi connectivity index (χ1n) is 10.2. The molecule has 0 saturated carbocycles. The number of imide groups is 1. The summed E-state index contributed by atoms with van der Waals surface area (Å²) in [5.74, 6) is -3.31. The van der Waals surface area contributed by atoms with Gasteiger partial charge in [-0.05, 0) is 42.7 Å². The molecule has 1 aliphatic heterocycles. The van der Waals surface area contributed by atoms with E-state index in [0.717, 1.165) is 33.7 Å². The first-order valence-corrected chi connectivity index (χ1v) is 10.2. The summed E-state index contributed by atoms with van der Waals surface area (Å²) < 4.78 is 27.4. The van der Waals surface area contributed by atoms with Crippen LogP contribution in [0, 0.1) is 25.5 Å². The number of amides is 2. The van der Waals surface area contributed by atoms with Gasteiger partial charge in [-0.15, -0.1) is 0 Å². The quantitative estimate of drug-likeness (QED) is 0.533. The van der Waals surface area contributed by atoms with Crippen LogP contribution in [0.3, 0.4) is 0 Å². The lowest BCUT2D eigenvalue weighted by atomic mass is 9.97. The second-order valence-corrected chi connectivity index (χ2v) is 7.93. The van der Waals surface area contributed by atoms with Crippen LogP contribution in [0.4, 0.5) is 14.5 Å². The molecular formula is C26H22F2N2O2. The van der Waals surface area contributed by atoms with Crippen molar-refractivity contribution in [3.8, 4) is 0 Å². The van der Waals surface area contributed by atoms with E-state index in [4.69, 9.17) is 0 Å². The Bertz CT molecular complexity index is 1250. The molecule has 0 atom stereocenters. The zero-order valence-electron chi connectivity index (χ0n) is 18.0. The van der Waals surface area contributed by atoms with Gasteiger partial charge in [-0.3, -0.25) is 9.59 Å². The molecule has 162 valence electrons. The molecule has 0 fully saturated rings. The van der Waals surface area contributed by atoms with E-state index in [1.165, 1.54) is 6.07 Å². The third-order valence-electron chi connectivity index (χ3n) is 5.52. The minimum atomic E-state index is -1.12. The number of halogens is 2. The molecule has 0 aromatic heterocycles. The molecule has 0 aliphatic carbocycles. The van der Waals surface area contributed by atoms with Gasteiger partial charge in [0.2, 0.25) is 0 Å². The van der Waals surface area contributed by atoms with E-state index in [2.05, 4.69) is 0 Å². The summed E-state index contributed by atoms with van der Waals surface area (Å²) in [6.07, 6.45) is 0. The summed E-state index contributed by atoms with van der Waals surface area (Å²) in [5, 5.41) is 0. The second kappa shape index (κ2) is 8.38. The van der Waals surface area contributed by atoms with E-state index in [1.54, 1.807) is 11.9 Å². The van der Waals surface area contributed by atoms with Crippen molar-refractivity contribution in [3.05, 3.63) is 106 Å². The average molecular weight is 432 g/mol. The van der Waals surface area contributed by atoms with Crippen LogP contribution in [0.5, 0.6) is 0 Å². The van der Waals surface area contributed by atoms with Crippen LogP contribution in [0.15, 0.2) is 72.4 Å². The Hall–Kier alpha value is -3.80. The van der Waals surface area contributed by atoms with Crippen molar-refractivity contribution in [1.82, 2.24) is 4.90 Å². The zero-order chi connectivity index (χ0) is 23.0. The monoisotopic (exact) mass is 432 g/mol. The van der Waals surface area contributed by atoms with Crippen LogP contribution in [0.1, 0.15) is 22.3 Å². The normalized spacial score (nSPS) is 13.8. The standard InChI is InChI=1S/C26H22F2N2O2/c1-16-9-11-20(17(2)13-16)23-24(29(3)15-18-7-5-4-6-8-18)26(32)30(25(23)31)19-10-12-21(27)22(28)14-19/h4-14H,15H2,1-3H3. The molecule has 1 aliphatic rings. The van der Waals surface area contributed by atoms with Crippen LogP contribution in [0.2, 0.25) is 0 Å². The molecule has 6 heteroatoms. The summed E-state index contributed by atoms with van der Waals surface area (Å²) in [4.78, 5) is 29.7. The minimum Gasteiger partial charge on any atom is -0.365 e. The molecule has 3 aromatic rings. The Kier molecular flexibility index (Phi) is 5.61. The van der Waals surface area contributed by atoms with Crippen LogP contribution in [-0.2, 0) is 16.1 Å². The lowest BCUT2D eigenvalue weighted by Gasteiger charge is -2.22. The second-order valence-electron chi connectivity index (χ2n) is 7.93. The van der Waals surface area contributed by atoms with E-state index in [1.807, 2.05) is 62.4 Å². The number of benzene rings is 3. The van der Waals surface area contributed by atoms with Crippen molar-refractivity contribution in [2.45, 2.75) is 20.4 Å². The lowest BCUT2D eigenvalue weighted by molar-refractivity contribution is -0.120. The van der Waals surface area contributed by atoms with Crippen molar-refractivity contribution >= 4 is 23.1 Å². The van der Waals surface area contributed by atoms with Crippen molar-refractivity contribution in [3.63, 3.8) is 0 Å². The van der Waals surface area contributed by atoms with E-state index in [-0.39, 0.29) is 17.0 Å². The molecule has 0 unspecified atom stereocenters. The van der Waals surface area contributed by atoms with Gasteiger partial charge in [-0.1, -0.05) is 54.1 Å². The van der Waals surface area contributed by atoms with Gasteiger partial charge in [0, 0.05) is 19.7 Å². The van der Waals surface area contributed by atoms with Crippen molar-refractivity contribution < 1.29 is 18.4 Å². The highest BCUT2D eigenvalue weighted by atomic mass is 19.2. The number of nitrogens with zero attached hydrogens (tertiary/aromatic N) is 2. The number of aryl methyl sites for hydroxylation is 2. The highest BCUT2D eigenvalue weighted by molar-refractivity contribution is 6.45. The lowest BCUT2D eigenvalue weighted by Crippen LogP contribution is -2.34. The highest BCUT2D eigenvalue weighted by Gasteiger charge is 2.42. The Morgan fingerprint density at radius 2 is 1.56 bits per heavy atom. The Morgan fingerprint density at radius 3 is 2.22 bits per heavy atom. The predicted molar refractivity (Wildman–Crippen MR) is 120 cm³/mol. The van der Waals surface area contributed by atoms with Crippen LogP contribution >= 0.6 is 0 Å². The van der Waals surface area contributed by atoms with E-state index < -0.39 is 23.4 Å². The smallest absolute Gasteiger partial charge is 0.282 e. The number of hydrogen-bond acceptors (Lipinski definition) is 3. The van der Waals surface area contributed by atoms with Crippen molar-refractivity contribution in [2.75, 3.05) is 11.9 Å². The van der Waals surface area contributed by atoms with Crippen molar-refractivity contribution in [1.29, 1.82) is 0 Å². The first-order chi connectivity index (χ1) is 15.3. The van der Waals surface area contributed by atoms with Crippen LogP contribution in [-0.4, -0.2) is 23.8 Å². The molecule has 0 saturated heterocycles. The summed E-state index contributed by atoms with van der Waals surface area (Å²) in [5.41, 5.74) is 3.93. The fourth-order valence-corrected chi connectivity index (χ4v) is 4.00. The van der Waals surface area contributed by atoms with Crippen LogP contribution < -0.4 is 4.90 Å². The third kappa shape index (κ3) is 3.80. The van der Waals surface area contributed by atoms with Gasteiger partial charge in [0.1, 0.15) is 5.70 Å². The maximum absolute atomic E-state index is 13.9. The predicted octanol–water partition coefficient (Wildman–Crippen LogP) is 5.00. The highest BCUT2D eigenvalue weighted by Crippen LogP contribution is 2.36. The number of anilines is 1. The molecule has 2 amide bonds. The summed E-state index contributed by atoms with van der Waals surface area (Å²) in [6, 6.07) is 18.2. The Labute approximate surface area is 185 Å². The van der Waals surface area contributed by atoms with Gasteiger partial charge in [0.15, 0.2) is 11.6 Å². The molecule has 0 spiro atoms. The number of likely N-dealkylation sites (N-methyl/N-ethyl adjacent to an activating group) is 1. The first kappa shape index (κ1) is 21.4. The number of rotatable bonds is 5. The summed E-state index contributed by atoms with van der Waals surface area (Å²) >= 11 is 0. The molecule has 4 rings (SSSR count). The minimum absolute atomic E-state index is 0.00993. The largest absolute Gasteiger partial charge is 0.365 e. The molecule has 0 N–H and O–H groups in total. The Morgan fingerprint density at radius 1 is 0.844 bits per heavy atom. The number of carbonyl (C=O) groups is 2. The van der Waals surface area contributed by atoms with Gasteiger partial charge < -0.3 is 4.90 Å². The van der Waals surface area contributed by atoms with Gasteiger partial charge in [-0.2, -0.15) is 0 Å².